The summed E-state index contributed by atoms with van der Waals surface area (Å²) < 4.78 is 0. The average Bonchev–Trinajstić information content (AvgIpc) is 2.76. The Kier molecular flexibility index (Phi) is 6.52. The largest absolute Gasteiger partial charge is 0.396 e. The van der Waals surface area contributed by atoms with E-state index in [-0.39, 0.29) is 18.6 Å². The van der Waals surface area contributed by atoms with Crippen LogP contribution >= 0.6 is 0 Å². The first-order valence-electron chi connectivity index (χ1n) is 6.78. The van der Waals surface area contributed by atoms with E-state index in [1.54, 1.807) is 0 Å². The van der Waals surface area contributed by atoms with Gasteiger partial charge in [0.2, 0.25) is 5.91 Å². The van der Waals surface area contributed by atoms with Gasteiger partial charge in [-0.25, -0.2) is 0 Å². The average molecular weight is 242 g/mol. The maximum absolute atomic E-state index is 11.5. The summed E-state index contributed by atoms with van der Waals surface area (Å²) in [5, 5.41) is 15.3. The van der Waals surface area contributed by atoms with Crippen LogP contribution in [0.5, 0.6) is 0 Å². The van der Waals surface area contributed by atoms with E-state index in [1.165, 1.54) is 12.8 Å². The van der Waals surface area contributed by atoms with Gasteiger partial charge in [-0.1, -0.05) is 13.3 Å². The molecule has 0 heterocycles. The Hall–Kier alpha value is -0.610. The molecule has 0 aromatic carbocycles. The van der Waals surface area contributed by atoms with Crippen molar-refractivity contribution in [3.8, 4) is 0 Å². The summed E-state index contributed by atoms with van der Waals surface area (Å²) in [4.78, 5) is 11.5. The van der Waals surface area contributed by atoms with Crippen molar-refractivity contribution in [2.45, 2.75) is 45.6 Å². The number of rotatable bonds is 7. The van der Waals surface area contributed by atoms with Gasteiger partial charge in [-0.3, -0.25) is 4.79 Å². The number of carbonyl (C=O) groups excluding carboxylic acids is 1. The standard InChI is InChI=1S/C13H26N2O2/c1-3-10(2)15-13(17)8-14-7-11-5-4-6-12(11)9-16/h10-12,14,16H,3-9H2,1-2H3,(H,15,17). The first-order chi connectivity index (χ1) is 8.17. The molecule has 0 spiro atoms. The fourth-order valence-corrected chi connectivity index (χ4v) is 2.42. The van der Waals surface area contributed by atoms with Crippen molar-refractivity contribution < 1.29 is 9.90 Å². The molecular formula is C13H26N2O2. The lowest BCUT2D eigenvalue weighted by Crippen LogP contribution is -2.40. The van der Waals surface area contributed by atoms with E-state index in [4.69, 9.17) is 0 Å². The van der Waals surface area contributed by atoms with E-state index in [2.05, 4.69) is 17.6 Å². The second kappa shape index (κ2) is 7.67. The van der Waals surface area contributed by atoms with Gasteiger partial charge in [0.25, 0.3) is 0 Å². The van der Waals surface area contributed by atoms with Gasteiger partial charge >= 0.3 is 0 Å². The fourth-order valence-electron chi connectivity index (χ4n) is 2.42. The van der Waals surface area contributed by atoms with E-state index >= 15 is 0 Å². The minimum atomic E-state index is 0.0675. The van der Waals surface area contributed by atoms with Crippen LogP contribution in [0.4, 0.5) is 0 Å². The zero-order chi connectivity index (χ0) is 12.7. The van der Waals surface area contributed by atoms with E-state index < -0.39 is 0 Å². The van der Waals surface area contributed by atoms with Crippen LogP contribution in [-0.2, 0) is 4.79 Å². The third-order valence-electron chi connectivity index (χ3n) is 3.76. The Bertz CT molecular complexity index is 233. The van der Waals surface area contributed by atoms with Crippen molar-refractivity contribution in [1.82, 2.24) is 10.6 Å². The maximum Gasteiger partial charge on any atom is 0.234 e. The Balaban J connectivity index is 2.12. The highest BCUT2D eigenvalue weighted by Crippen LogP contribution is 2.30. The van der Waals surface area contributed by atoms with Gasteiger partial charge in [-0.05, 0) is 44.6 Å². The lowest BCUT2D eigenvalue weighted by Gasteiger charge is -2.18. The van der Waals surface area contributed by atoms with Gasteiger partial charge in [-0.2, -0.15) is 0 Å². The second-order valence-electron chi connectivity index (χ2n) is 5.14. The topological polar surface area (TPSA) is 61.4 Å². The van der Waals surface area contributed by atoms with Gasteiger partial charge in [0, 0.05) is 12.6 Å². The number of carbonyl (C=O) groups is 1. The first kappa shape index (κ1) is 14.5. The van der Waals surface area contributed by atoms with Crippen LogP contribution in [0.25, 0.3) is 0 Å². The third kappa shape index (κ3) is 5.04. The van der Waals surface area contributed by atoms with Gasteiger partial charge in [0.05, 0.1) is 6.54 Å². The Morgan fingerprint density at radius 2 is 2.12 bits per heavy atom. The molecule has 17 heavy (non-hydrogen) atoms. The summed E-state index contributed by atoms with van der Waals surface area (Å²) in [6, 6.07) is 0.251. The molecule has 0 aliphatic heterocycles. The van der Waals surface area contributed by atoms with Crippen molar-refractivity contribution in [3.05, 3.63) is 0 Å². The van der Waals surface area contributed by atoms with Gasteiger partial charge in [0.1, 0.15) is 0 Å². The predicted octanol–water partition coefficient (Wildman–Crippen LogP) is 0.899. The van der Waals surface area contributed by atoms with Crippen LogP contribution in [0.1, 0.15) is 39.5 Å². The molecule has 3 atom stereocenters. The summed E-state index contributed by atoms with van der Waals surface area (Å²) in [7, 11) is 0. The minimum Gasteiger partial charge on any atom is -0.396 e. The molecule has 1 aliphatic carbocycles. The maximum atomic E-state index is 11.5. The summed E-state index contributed by atoms with van der Waals surface area (Å²) in [5.41, 5.74) is 0. The van der Waals surface area contributed by atoms with Gasteiger partial charge in [-0.15, -0.1) is 0 Å². The summed E-state index contributed by atoms with van der Waals surface area (Å²) in [6.45, 7) is 5.59. The zero-order valence-corrected chi connectivity index (χ0v) is 11.0. The first-order valence-corrected chi connectivity index (χ1v) is 6.78. The van der Waals surface area contributed by atoms with Crippen LogP contribution in [0.3, 0.4) is 0 Å². The molecule has 0 saturated heterocycles. The van der Waals surface area contributed by atoms with Crippen molar-refractivity contribution >= 4 is 5.91 Å². The fraction of sp³-hybridized carbons (Fsp3) is 0.923. The molecule has 1 amide bonds. The lowest BCUT2D eigenvalue weighted by atomic mass is 9.97. The Labute approximate surface area is 104 Å². The summed E-state index contributed by atoms with van der Waals surface area (Å²) in [5.74, 6) is 1.04. The molecular weight excluding hydrogens is 216 g/mol. The summed E-state index contributed by atoms with van der Waals surface area (Å²) >= 11 is 0. The molecule has 1 rings (SSSR count). The minimum absolute atomic E-state index is 0.0675. The van der Waals surface area contributed by atoms with Crippen LogP contribution in [0.15, 0.2) is 0 Å². The van der Waals surface area contributed by atoms with Crippen LogP contribution in [0.2, 0.25) is 0 Å². The molecule has 100 valence electrons. The molecule has 1 aliphatic rings. The highest BCUT2D eigenvalue weighted by atomic mass is 16.3. The number of hydrogen-bond acceptors (Lipinski definition) is 3. The van der Waals surface area contributed by atoms with Crippen molar-refractivity contribution in [3.63, 3.8) is 0 Å². The number of hydrogen-bond donors (Lipinski definition) is 3. The molecule has 0 bridgehead atoms. The molecule has 1 saturated carbocycles. The number of nitrogens with one attached hydrogen (secondary N) is 2. The highest BCUT2D eigenvalue weighted by molar-refractivity contribution is 5.78. The Morgan fingerprint density at radius 3 is 2.76 bits per heavy atom. The highest BCUT2D eigenvalue weighted by Gasteiger charge is 2.26. The summed E-state index contributed by atoms with van der Waals surface area (Å²) in [6.07, 6.45) is 4.46. The normalized spacial score (nSPS) is 25.8. The lowest BCUT2D eigenvalue weighted by molar-refractivity contribution is -0.120. The van der Waals surface area contributed by atoms with E-state index in [0.717, 1.165) is 19.4 Å². The number of aliphatic hydroxyl groups is 1. The molecule has 4 nitrogen and oxygen atoms in total. The zero-order valence-electron chi connectivity index (χ0n) is 11.0. The molecule has 0 radical (unpaired) electrons. The van der Waals surface area contributed by atoms with Crippen molar-refractivity contribution in [2.24, 2.45) is 11.8 Å². The van der Waals surface area contributed by atoms with Crippen LogP contribution < -0.4 is 10.6 Å². The monoisotopic (exact) mass is 242 g/mol. The van der Waals surface area contributed by atoms with E-state index in [9.17, 15) is 9.90 Å². The van der Waals surface area contributed by atoms with Gasteiger partial charge in [0.15, 0.2) is 0 Å². The second-order valence-corrected chi connectivity index (χ2v) is 5.14. The smallest absolute Gasteiger partial charge is 0.234 e. The molecule has 0 aromatic rings. The van der Waals surface area contributed by atoms with E-state index in [0.29, 0.717) is 18.4 Å². The van der Waals surface area contributed by atoms with Crippen LogP contribution in [-0.4, -0.2) is 36.8 Å². The molecule has 3 N–H and O–H groups in total. The molecule has 1 fully saturated rings. The van der Waals surface area contributed by atoms with Crippen molar-refractivity contribution in [1.29, 1.82) is 0 Å². The predicted molar refractivity (Wildman–Crippen MR) is 68.7 cm³/mol. The van der Waals surface area contributed by atoms with E-state index in [1.807, 2.05) is 6.92 Å². The van der Waals surface area contributed by atoms with Crippen molar-refractivity contribution in [2.75, 3.05) is 19.7 Å². The third-order valence-corrected chi connectivity index (χ3v) is 3.76. The number of amides is 1. The molecule has 3 unspecified atom stereocenters. The Morgan fingerprint density at radius 1 is 1.41 bits per heavy atom. The molecule has 0 aromatic heterocycles. The number of aliphatic hydroxyl groups excluding tert-OH is 1. The van der Waals surface area contributed by atoms with Gasteiger partial charge < -0.3 is 15.7 Å². The quantitative estimate of drug-likeness (QED) is 0.621. The molecule has 4 heteroatoms. The SMILES string of the molecule is CCC(C)NC(=O)CNCC1CCCC1CO. The van der Waals surface area contributed by atoms with Crippen LogP contribution in [0, 0.1) is 11.8 Å².